The molecule has 0 heterocycles. The maximum absolute atomic E-state index is 4.16. The minimum Gasteiger partial charge on any atom is -0.219 e. The molecule has 0 bridgehead atoms. The minimum absolute atomic E-state index is 0.120. The summed E-state index contributed by atoms with van der Waals surface area (Å²) in [5, 5.41) is 0. The summed E-state index contributed by atoms with van der Waals surface area (Å²) >= 11 is 0. The predicted octanol–water partition coefficient (Wildman–Crippen LogP) is 3.93. The molecule has 0 radical (unpaired) electrons. The molecule has 0 aromatic heterocycles. The zero-order valence-electron chi connectivity index (χ0n) is 9.49. The van der Waals surface area contributed by atoms with E-state index in [1.807, 2.05) is 45.0 Å². The summed E-state index contributed by atoms with van der Waals surface area (Å²) in [5.74, 6) is 0. The van der Waals surface area contributed by atoms with Crippen molar-refractivity contribution >= 4 is 17.8 Å². The molecule has 0 saturated heterocycles. The molecule has 2 nitrogen and oxygen atoms in total. The minimum atomic E-state index is -0.120. The monoisotopic (exact) mass is 200 g/mol. The van der Waals surface area contributed by atoms with Gasteiger partial charge >= 0.3 is 0 Å². The summed E-state index contributed by atoms with van der Waals surface area (Å²) in [7, 11) is 0. The van der Waals surface area contributed by atoms with Gasteiger partial charge in [0.25, 0.3) is 0 Å². The number of hydrogen-bond acceptors (Lipinski definition) is 2. The molecule has 0 spiro atoms. The number of benzene rings is 1. The van der Waals surface area contributed by atoms with E-state index in [0.29, 0.717) is 0 Å². The highest BCUT2D eigenvalue weighted by atomic mass is 14.9. The summed E-state index contributed by atoms with van der Waals surface area (Å²) in [4.78, 5) is 8.27. The molecule has 0 aliphatic carbocycles. The second-order valence-electron chi connectivity index (χ2n) is 4.29. The number of rotatable bonds is 2. The number of nitrogens with zero attached hydrogens (tertiary/aromatic N) is 2. The summed E-state index contributed by atoms with van der Waals surface area (Å²) in [6.07, 6.45) is 1.80. The molecule has 1 rings (SSSR count). The van der Waals surface area contributed by atoms with Crippen molar-refractivity contribution in [3.8, 4) is 0 Å². The molecule has 0 N–H and O–H groups in total. The van der Waals surface area contributed by atoms with Crippen molar-refractivity contribution in [2.45, 2.75) is 26.3 Å². The Kier molecular flexibility index (Phi) is 3.59. The summed E-state index contributed by atoms with van der Waals surface area (Å²) in [6, 6.07) is 10.5. The molecule has 1 aromatic rings. The zero-order valence-corrected chi connectivity index (χ0v) is 9.49. The van der Waals surface area contributed by atoms with Gasteiger partial charge < -0.3 is 0 Å². The predicted molar refractivity (Wildman–Crippen MR) is 65.8 cm³/mol. The van der Waals surface area contributed by atoms with E-state index in [1.165, 1.54) is 0 Å². The van der Waals surface area contributed by atoms with Crippen molar-refractivity contribution in [1.29, 1.82) is 0 Å². The van der Waals surface area contributed by atoms with Crippen LogP contribution in [0, 0.1) is 0 Å². The Balaban J connectivity index is 2.81. The van der Waals surface area contributed by atoms with Gasteiger partial charge in [-0.3, -0.25) is 0 Å². The van der Waals surface area contributed by atoms with Crippen LogP contribution in [0.3, 0.4) is 0 Å². The van der Waals surface area contributed by atoms with E-state index in [1.54, 1.807) is 6.08 Å². The van der Waals surface area contributed by atoms with Gasteiger partial charge in [-0.05, 0) is 38.5 Å². The molecule has 0 amide bonds. The smallest absolute Gasteiger partial charge is 0.0954 e. The molecule has 0 unspecified atom stereocenters. The van der Waals surface area contributed by atoms with Crippen LogP contribution in [-0.4, -0.2) is 11.5 Å². The Labute approximate surface area is 91.1 Å². The van der Waals surface area contributed by atoms with E-state index in [0.717, 1.165) is 11.3 Å². The molecule has 0 aliphatic rings. The lowest BCUT2D eigenvalue weighted by Crippen LogP contribution is -2.07. The first kappa shape index (κ1) is 11.4. The van der Waals surface area contributed by atoms with Crippen molar-refractivity contribution in [1.82, 2.24) is 0 Å². The van der Waals surface area contributed by atoms with Gasteiger partial charge in [0, 0.05) is 0 Å². The first-order chi connectivity index (χ1) is 7.01. The fourth-order valence-electron chi connectivity index (χ4n) is 0.918. The van der Waals surface area contributed by atoms with Crippen LogP contribution >= 0.6 is 0 Å². The third-order valence-electron chi connectivity index (χ3n) is 1.69. The van der Waals surface area contributed by atoms with Crippen LogP contribution < -0.4 is 0 Å². The molecular weight excluding hydrogens is 184 g/mol. The van der Waals surface area contributed by atoms with Crippen LogP contribution in [0.5, 0.6) is 0 Å². The van der Waals surface area contributed by atoms with Crippen LogP contribution in [0.1, 0.15) is 26.3 Å². The Morgan fingerprint density at radius 2 is 1.80 bits per heavy atom. The highest BCUT2D eigenvalue weighted by molar-refractivity contribution is 5.56. The van der Waals surface area contributed by atoms with Crippen LogP contribution in [-0.2, 0) is 0 Å². The molecule has 0 fully saturated rings. The van der Waals surface area contributed by atoms with Gasteiger partial charge in [0.2, 0.25) is 0 Å². The van der Waals surface area contributed by atoms with E-state index in [-0.39, 0.29) is 5.54 Å². The first-order valence-corrected chi connectivity index (χ1v) is 4.91. The summed E-state index contributed by atoms with van der Waals surface area (Å²) in [5.41, 5.74) is 1.82. The van der Waals surface area contributed by atoms with E-state index in [9.17, 15) is 0 Å². The van der Waals surface area contributed by atoms with E-state index in [4.69, 9.17) is 0 Å². The average Bonchev–Trinajstić information content (AvgIpc) is 2.17. The molecule has 0 atom stereocenters. The third-order valence-corrected chi connectivity index (χ3v) is 1.69. The van der Waals surface area contributed by atoms with Crippen LogP contribution in [0.2, 0.25) is 0 Å². The van der Waals surface area contributed by atoms with Crippen LogP contribution in [0.15, 0.2) is 40.8 Å². The quantitative estimate of drug-likeness (QED) is 0.646. The van der Waals surface area contributed by atoms with Gasteiger partial charge in [-0.25, -0.2) is 4.99 Å². The normalized spacial score (nSPS) is 10.3. The van der Waals surface area contributed by atoms with Gasteiger partial charge in [0.1, 0.15) is 0 Å². The van der Waals surface area contributed by atoms with Gasteiger partial charge in [0.05, 0.1) is 17.2 Å². The van der Waals surface area contributed by atoms with Crippen molar-refractivity contribution in [2.75, 3.05) is 0 Å². The van der Waals surface area contributed by atoms with Crippen molar-refractivity contribution < 1.29 is 0 Å². The van der Waals surface area contributed by atoms with Crippen molar-refractivity contribution in [2.24, 2.45) is 9.98 Å². The summed E-state index contributed by atoms with van der Waals surface area (Å²) < 4.78 is 0. The van der Waals surface area contributed by atoms with Crippen molar-refractivity contribution in [3.05, 3.63) is 36.4 Å². The molecular formula is C13H16N2. The van der Waals surface area contributed by atoms with Gasteiger partial charge in [-0.15, -0.1) is 0 Å². The van der Waals surface area contributed by atoms with Gasteiger partial charge in [-0.1, -0.05) is 24.8 Å². The van der Waals surface area contributed by atoms with E-state index >= 15 is 0 Å². The highest BCUT2D eigenvalue weighted by Crippen LogP contribution is 2.13. The molecule has 78 valence electrons. The Hall–Kier alpha value is -1.66. The molecule has 1 aromatic carbocycles. The molecule has 0 aliphatic heterocycles. The number of hydrogen-bond donors (Lipinski definition) is 0. The average molecular weight is 200 g/mol. The maximum Gasteiger partial charge on any atom is 0.0954 e. The van der Waals surface area contributed by atoms with E-state index in [2.05, 4.69) is 22.6 Å². The Morgan fingerprint density at radius 3 is 2.27 bits per heavy atom. The Morgan fingerprint density at radius 1 is 1.20 bits per heavy atom. The van der Waals surface area contributed by atoms with Gasteiger partial charge in [0.15, 0.2) is 0 Å². The SMILES string of the molecule is C=Cc1ccc(N=C=NC(C)(C)C)cc1. The summed E-state index contributed by atoms with van der Waals surface area (Å²) in [6.45, 7) is 9.72. The van der Waals surface area contributed by atoms with Crippen molar-refractivity contribution in [3.63, 3.8) is 0 Å². The maximum atomic E-state index is 4.16. The van der Waals surface area contributed by atoms with Gasteiger partial charge in [-0.2, -0.15) is 4.99 Å². The third kappa shape index (κ3) is 4.39. The Bertz CT molecular complexity index is 388. The molecule has 15 heavy (non-hydrogen) atoms. The molecule has 0 saturated carbocycles. The highest BCUT2D eigenvalue weighted by Gasteiger charge is 2.04. The fraction of sp³-hybridized carbons (Fsp3) is 0.308. The van der Waals surface area contributed by atoms with Crippen LogP contribution in [0.4, 0.5) is 5.69 Å². The standard InChI is InChI=1S/C13H16N2/c1-5-11-6-8-12(9-7-11)14-10-15-13(2,3)4/h5-9H,1H2,2-4H3. The molecule has 2 heteroatoms. The van der Waals surface area contributed by atoms with Crippen LogP contribution in [0.25, 0.3) is 6.08 Å². The lowest BCUT2D eigenvalue weighted by atomic mass is 10.1. The topological polar surface area (TPSA) is 24.7 Å². The zero-order chi connectivity index (χ0) is 11.3. The lowest BCUT2D eigenvalue weighted by Gasteiger charge is -2.06. The first-order valence-electron chi connectivity index (χ1n) is 4.91. The largest absolute Gasteiger partial charge is 0.219 e. The number of aliphatic imine (C=N–C) groups is 2. The second kappa shape index (κ2) is 4.72. The second-order valence-corrected chi connectivity index (χ2v) is 4.29. The fourth-order valence-corrected chi connectivity index (χ4v) is 0.918. The lowest BCUT2D eigenvalue weighted by molar-refractivity contribution is 0.587. The van der Waals surface area contributed by atoms with E-state index < -0.39 is 0 Å².